The second-order valence-electron chi connectivity index (χ2n) is 6.22. The minimum absolute atomic E-state index is 0.110. The lowest BCUT2D eigenvalue weighted by Gasteiger charge is -2.35. The number of hydrogen-bond acceptors (Lipinski definition) is 1. The van der Waals surface area contributed by atoms with Crippen molar-refractivity contribution in [2.75, 3.05) is 0 Å². The monoisotopic (exact) mass is 210 g/mol. The van der Waals surface area contributed by atoms with E-state index in [1.54, 1.807) is 0 Å². The second kappa shape index (κ2) is 4.67. The second-order valence-corrected chi connectivity index (χ2v) is 6.22. The van der Waals surface area contributed by atoms with Gasteiger partial charge in [0.1, 0.15) is 5.78 Å². The Morgan fingerprint density at radius 1 is 1.13 bits per heavy atom. The van der Waals surface area contributed by atoms with Crippen molar-refractivity contribution >= 4 is 5.78 Å². The summed E-state index contributed by atoms with van der Waals surface area (Å²) >= 11 is 0. The summed E-state index contributed by atoms with van der Waals surface area (Å²) < 4.78 is 0. The average Bonchev–Trinajstić information content (AvgIpc) is 2.15. The van der Waals surface area contributed by atoms with E-state index in [4.69, 9.17) is 0 Å². The van der Waals surface area contributed by atoms with E-state index in [1.807, 2.05) is 0 Å². The molecule has 0 heterocycles. The molecular weight excluding hydrogens is 184 g/mol. The lowest BCUT2D eigenvalue weighted by atomic mass is 9.69. The van der Waals surface area contributed by atoms with Crippen LogP contribution in [0.5, 0.6) is 0 Å². The Kier molecular flexibility index (Phi) is 3.97. The van der Waals surface area contributed by atoms with Gasteiger partial charge in [-0.3, -0.25) is 4.79 Å². The molecule has 88 valence electrons. The summed E-state index contributed by atoms with van der Waals surface area (Å²) in [7, 11) is 0. The van der Waals surface area contributed by atoms with Gasteiger partial charge in [0.25, 0.3) is 0 Å². The van der Waals surface area contributed by atoms with E-state index in [9.17, 15) is 4.79 Å². The first-order valence-corrected chi connectivity index (χ1v) is 6.41. The highest BCUT2D eigenvalue weighted by Crippen LogP contribution is 2.38. The molecule has 0 saturated heterocycles. The van der Waals surface area contributed by atoms with Gasteiger partial charge in [-0.2, -0.15) is 0 Å². The van der Waals surface area contributed by atoms with Crippen LogP contribution in [0.2, 0.25) is 0 Å². The van der Waals surface area contributed by atoms with Gasteiger partial charge in [-0.15, -0.1) is 0 Å². The summed E-state index contributed by atoms with van der Waals surface area (Å²) in [6, 6.07) is 0. The normalized spacial score (nSPS) is 32.7. The number of rotatable bonds is 3. The Hall–Kier alpha value is -0.330. The van der Waals surface area contributed by atoms with Crippen molar-refractivity contribution in [1.82, 2.24) is 0 Å². The lowest BCUT2D eigenvalue weighted by Crippen LogP contribution is -2.35. The smallest absolute Gasteiger partial charge is 0.141 e. The summed E-state index contributed by atoms with van der Waals surface area (Å²) in [4.78, 5) is 12.3. The lowest BCUT2D eigenvalue weighted by molar-refractivity contribution is -0.133. The molecule has 0 bridgehead atoms. The van der Waals surface area contributed by atoms with Crippen molar-refractivity contribution in [2.24, 2.45) is 23.2 Å². The van der Waals surface area contributed by atoms with Gasteiger partial charge in [-0.25, -0.2) is 0 Å². The van der Waals surface area contributed by atoms with Gasteiger partial charge in [-0.05, 0) is 37.5 Å². The Bertz CT molecular complexity index is 219. The van der Waals surface area contributed by atoms with Gasteiger partial charge in [0.15, 0.2) is 0 Å². The topological polar surface area (TPSA) is 17.1 Å². The fourth-order valence-corrected chi connectivity index (χ4v) is 2.89. The van der Waals surface area contributed by atoms with E-state index in [2.05, 4.69) is 34.6 Å². The maximum Gasteiger partial charge on any atom is 0.141 e. The van der Waals surface area contributed by atoms with Crippen LogP contribution in [-0.2, 0) is 4.79 Å². The minimum atomic E-state index is -0.110. The Morgan fingerprint density at radius 2 is 1.60 bits per heavy atom. The van der Waals surface area contributed by atoms with Crippen LogP contribution in [0.3, 0.4) is 0 Å². The molecule has 0 aromatic carbocycles. The molecule has 1 heteroatoms. The number of carbonyl (C=O) groups is 1. The summed E-state index contributed by atoms with van der Waals surface area (Å²) in [5, 5.41) is 0. The highest BCUT2D eigenvalue weighted by molar-refractivity contribution is 5.86. The zero-order chi connectivity index (χ0) is 11.6. The summed E-state index contributed by atoms with van der Waals surface area (Å²) in [5.74, 6) is 2.30. The summed E-state index contributed by atoms with van der Waals surface area (Å²) in [5.41, 5.74) is -0.110. The molecule has 1 aliphatic rings. The van der Waals surface area contributed by atoms with E-state index in [-0.39, 0.29) is 5.41 Å². The van der Waals surface area contributed by atoms with Crippen LogP contribution in [0.4, 0.5) is 0 Å². The van der Waals surface area contributed by atoms with Crippen LogP contribution in [-0.4, -0.2) is 5.78 Å². The van der Waals surface area contributed by atoms with Gasteiger partial charge >= 0.3 is 0 Å². The van der Waals surface area contributed by atoms with Crippen molar-refractivity contribution in [2.45, 2.75) is 60.3 Å². The maximum absolute atomic E-state index is 12.3. The van der Waals surface area contributed by atoms with E-state index >= 15 is 0 Å². The molecule has 0 amide bonds. The molecule has 0 spiro atoms. The van der Waals surface area contributed by atoms with Crippen molar-refractivity contribution in [3.63, 3.8) is 0 Å². The molecule has 1 saturated carbocycles. The van der Waals surface area contributed by atoms with Gasteiger partial charge in [0, 0.05) is 11.3 Å². The van der Waals surface area contributed by atoms with Crippen molar-refractivity contribution in [3.05, 3.63) is 0 Å². The number of Topliss-reactive ketones (excluding diaryl/α,β-unsaturated/α-hetero) is 1. The predicted molar refractivity (Wildman–Crippen MR) is 64.7 cm³/mol. The Labute approximate surface area is 94.6 Å². The quantitative estimate of drug-likeness (QED) is 0.686. The molecule has 0 aromatic heterocycles. The first kappa shape index (κ1) is 12.7. The maximum atomic E-state index is 12.3. The van der Waals surface area contributed by atoms with Crippen molar-refractivity contribution in [3.8, 4) is 0 Å². The highest BCUT2D eigenvalue weighted by atomic mass is 16.1. The zero-order valence-corrected chi connectivity index (χ0v) is 11.0. The van der Waals surface area contributed by atoms with Crippen LogP contribution in [0, 0.1) is 23.2 Å². The van der Waals surface area contributed by atoms with E-state index < -0.39 is 0 Å². The van der Waals surface area contributed by atoms with Gasteiger partial charge in [0.2, 0.25) is 0 Å². The Balaban J connectivity index is 2.67. The third kappa shape index (κ3) is 3.06. The molecule has 0 N–H and O–H groups in total. The van der Waals surface area contributed by atoms with Crippen LogP contribution in [0.25, 0.3) is 0 Å². The number of hydrogen-bond donors (Lipinski definition) is 0. The van der Waals surface area contributed by atoms with Crippen molar-refractivity contribution in [1.29, 1.82) is 0 Å². The standard InChI is InChI=1S/C14H26O/c1-6-14(4,5)13(15)12-8-10(2)7-11(3)9-12/h10-12H,6-9H2,1-5H3. The molecule has 15 heavy (non-hydrogen) atoms. The molecule has 0 radical (unpaired) electrons. The molecule has 2 unspecified atom stereocenters. The molecule has 2 atom stereocenters. The first-order valence-electron chi connectivity index (χ1n) is 6.41. The van der Waals surface area contributed by atoms with E-state index in [0.717, 1.165) is 31.1 Å². The fourth-order valence-electron chi connectivity index (χ4n) is 2.89. The molecule has 1 fully saturated rings. The molecule has 0 aliphatic heterocycles. The zero-order valence-electron chi connectivity index (χ0n) is 11.0. The SMILES string of the molecule is CCC(C)(C)C(=O)C1CC(C)CC(C)C1. The van der Waals surface area contributed by atoms with Gasteiger partial charge in [0.05, 0.1) is 0 Å². The average molecular weight is 210 g/mol. The van der Waals surface area contributed by atoms with E-state index in [1.165, 1.54) is 6.42 Å². The van der Waals surface area contributed by atoms with Gasteiger partial charge in [-0.1, -0.05) is 34.6 Å². The highest BCUT2D eigenvalue weighted by Gasteiger charge is 2.35. The minimum Gasteiger partial charge on any atom is -0.299 e. The third-order valence-corrected chi connectivity index (χ3v) is 4.10. The van der Waals surface area contributed by atoms with Crippen LogP contribution < -0.4 is 0 Å². The molecule has 0 aromatic rings. The van der Waals surface area contributed by atoms with Crippen LogP contribution in [0.1, 0.15) is 60.3 Å². The molecule has 1 aliphatic carbocycles. The number of ketones is 1. The Morgan fingerprint density at radius 3 is 2.00 bits per heavy atom. The number of carbonyl (C=O) groups excluding carboxylic acids is 1. The molecule has 1 nitrogen and oxygen atoms in total. The predicted octanol–water partition coefficient (Wildman–Crippen LogP) is 4.06. The summed E-state index contributed by atoms with van der Waals surface area (Å²) in [6.07, 6.45) is 4.50. The van der Waals surface area contributed by atoms with Crippen LogP contribution in [0.15, 0.2) is 0 Å². The largest absolute Gasteiger partial charge is 0.299 e. The fraction of sp³-hybridized carbons (Fsp3) is 0.929. The molecular formula is C14H26O. The third-order valence-electron chi connectivity index (χ3n) is 4.10. The van der Waals surface area contributed by atoms with E-state index in [0.29, 0.717) is 11.7 Å². The summed E-state index contributed by atoms with van der Waals surface area (Å²) in [6.45, 7) is 10.9. The van der Waals surface area contributed by atoms with Crippen LogP contribution >= 0.6 is 0 Å². The first-order chi connectivity index (χ1) is 6.86. The van der Waals surface area contributed by atoms with Crippen molar-refractivity contribution < 1.29 is 4.79 Å². The molecule has 1 rings (SSSR count). The van der Waals surface area contributed by atoms with Gasteiger partial charge < -0.3 is 0 Å².